The number of halogens is 1. The molecule has 0 atom stereocenters. The Morgan fingerprint density at radius 3 is 1.16 bits per heavy atom. The highest BCUT2D eigenvalue weighted by molar-refractivity contribution is 6.62. The largest absolute Gasteiger partial charge is 0.329 e. The maximum atomic E-state index is 10.5. The van der Waals surface area contributed by atoms with Crippen molar-refractivity contribution in [3.8, 4) is 0 Å². The van der Waals surface area contributed by atoms with Crippen molar-refractivity contribution in [1.29, 1.82) is 0 Å². The summed E-state index contributed by atoms with van der Waals surface area (Å²) in [5.41, 5.74) is 0. The molecule has 0 spiro atoms. The van der Waals surface area contributed by atoms with Crippen molar-refractivity contribution in [2.24, 2.45) is 0 Å². The minimum Gasteiger partial charge on any atom is -0.329 e. The van der Waals surface area contributed by atoms with Gasteiger partial charge in [0.2, 0.25) is 0 Å². The molecule has 0 N–H and O–H groups in total. The third-order valence-corrected chi connectivity index (χ3v) is 3.34. The molecule has 2 fully saturated rings. The molecule has 1 aliphatic carbocycles. The smallest absolute Gasteiger partial charge is 0.316 e. The Morgan fingerprint density at radius 2 is 0.947 bits per heavy atom. The maximum Gasteiger partial charge on any atom is 0.316 e. The van der Waals surface area contributed by atoms with Crippen molar-refractivity contribution in [2.75, 3.05) is 13.1 Å². The van der Waals surface area contributed by atoms with E-state index in [1.807, 2.05) is 27.7 Å². The van der Waals surface area contributed by atoms with Crippen molar-refractivity contribution in [1.82, 2.24) is 4.90 Å². The van der Waals surface area contributed by atoms with Gasteiger partial charge in [-0.25, -0.2) is 0 Å². The minimum atomic E-state index is -0.297. The summed E-state index contributed by atoms with van der Waals surface area (Å²) in [6.07, 6.45) is 12.5. The van der Waals surface area contributed by atoms with Crippen LogP contribution < -0.4 is 0 Å². The van der Waals surface area contributed by atoms with Gasteiger partial charge in [-0.05, 0) is 30.9 Å². The Labute approximate surface area is 125 Å². The van der Waals surface area contributed by atoms with Crippen LogP contribution in [0.2, 0.25) is 0 Å². The van der Waals surface area contributed by atoms with Gasteiger partial charge in [-0.1, -0.05) is 66.2 Å². The third kappa shape index (κ3) is 14.0. The van der Waals surface area contributed by atoms with E-state index in [1.165, 1.54) is 44.9 Å². The number of likely N-dealkylation sites (tertiary alicyclic amines) is 1. The second-order valence-corrected chi connectivity index (χ2v) is 4.75. The Bertz CT molecular complexity index is 164. The molecule has 0 unspecified atom stereocenters. The highest BCUT2D eigenvalue weighted by atomic mass is 35.5. The molecule has 1 heterocycles. The van der Waals surface area contributed by atoms with E-state index >= 15 is 0 Å². The summed E-state index contributed by atoms with van der Waals surface area (Å²) in [6.45, 7) is 9.70. The predicted octanol–water partition coefficient (Wildman–Crippen LogP) is 6.22. The molecule has 0 aromatic heterocycles. The average Bonchev–Trinajstić information content (AvgIpc) is 2.54. The lowest BCUT2D eigenvalue weighted by Crippen LogP contribution is -2.31. The lowest BCUT2D eigenvalue weighted by Gasteiger charge is -2.23. The van der Waals surface area contributed by atoms with E-state index in [4.69, 9.17) is 11.6 Å². The highest BCUT2D eigenvalue weighted by Crippen LogP contribution is 2.15. The molecule has 0 bridgehead atoms. The number of amides is 1. The molecule has 2 aliphatic rings. The number of rotatable bonds is 0. The first kappa shape index (κ1) is 21.1. The number of nitrogens with zero attached hydrogens (tertiary/aromatic N) is 1. The standard InChI is InChI=1S/C6H10ClNO.C6H12.2C2H6/c7-6(9)8-4-2-1-3-5-8;1-2-4-6-5-3-1;2*1-2/h1-5H2;1-6H2;2*1-2H3. The summed E-state index contributed by atoms with van der Waals surface area (Å²) in [5.74, 6) is 0. The fourth-order valence-electron chi connectivity index (χ4n) is 2.13. The Hall–Kier alpha value is -0.240. The summed E-state index contributed by atoms with van der Waals surface area (Å²) in [5, 5.41) is -0.297. The monoisotopic (exact) mass is 291 g/mol. The maximum absolute atomic E-state index is 10.5. The van der Waals surface area contributed by atoms with Crippen LogP contribution in [0.3, 0.4) is 0 Å². The van der Waals surface area contributed by atoms with E-state index in [2.05, 4.69) is 0 Å². The van der Waals surface area contributed by atoms with E-state index in [1.54, 1.807) is 4.90 Å². The molecule has 1 saturated heterocycles. The number of hydrogen-bond donors (Lipinski definition) is 0. The third-order valence-electron chi connectivity index (χ3n) is 3.10. The van der Waals surface area contributed by atoms with Crippen LogP contribution in [0.25, 0.3) is 0 Å². The van der Waals surface area contributed by atoms with E-state index in [0.717, 1.165) is 25.9 Å². The zero-order valence-corrected chi connectivity index (χ0v) is 14.3. The topological polar surface area (TPSA) is 20.3 Å². The average molecular weight is 292 g/mol. The summed E-state index contributed by atoms with van der Waals surface area (Å²) < 4.78 is 0. The summed E-state index contributed by atoms with van der Waals surface area (Å²) >= 11 is 5.24. The second-order valence-electron chi connectivity index (χ2n) is 4.42. The molecule has 116 valence electrons. The van der Waals surface area contributed by atoms with Gasteiger partial charge in [-0.2, -0.15) is 0 Å². The molecule has 1 saturated carbocycles. The van der Waals surface area contributed by atoms with Gasteiger partial charge in [0.25, 0.3) is 0 Å². The quantitative estimate of drug-likeness (QED) is 0.383. The molecule has 1 amide bonds. The minimum absolute atomic E-state index is 0.297. The number of carbonyl (C=O) groups excluding carboxylic acids is 1. The van der Waals surface area contributed by atoms with Crippen LogP contribution in [0.15, 0.2) is 0 Å². The predicted molar refractivity (Wildman–Crippen MR) is 87.1 cm³/mol. The fourth-order valence-corrected chi connectivity index (χ4v) is 2.30. The molecular formula is C16H34ClNO. The molecule has 2 nitrogen and oxygen atoms in total. The van der Waals surface area contributed by atoms with Crippen LogP contribution in [-0.4, -0.2) is 23.4 Å². The van der Waals surface area contributed by atoms with E-state index in [9.17, 15) is 4.79 Å². The summed E-state index contributed by atoms with van der Waals surface area (Å²) in [7, 11) is 0. The molecule has 0 radical (unpaired) electrons. The van der Waals surface area contributed by atoms with Crippen LogP contribution >= 0.6 is 11.6 Å². The number of carbonyl (C=O) groups is 1. The lowest BCUT2D eigenvalue weighted by atomic mass is 10.0. The molecular weight excluding hydrogens is 258 g/mol. The summed E-state index contributed by atoms with van der Waals surface area (Å²) in [6, 6.07) is 0. The molecule has 0 aromatic rings. The zero-order valence-electron chi connectivity index (χ0n) is 13.5. The van der Waals surface area contributed by atoms with Gasteiger partial charge in [0.15, 0.2) is 0 Å². The molecule has 3 heteroatoms. The van der Waals surface area contributed by atoms with Gasteiger partial charge in [0.1, 0.15) is 0 Å². The molecule has 0 aromatic carbocycles. The van der Waals surface area contributed by atoms with Crippen LogP contribution in [0.5, 0.6) is 0 Å². The van der Waals surface area contributed by atoms with Gasteiger partial charge in [0, 0.05) is 13.1 Å². The number of hydrogen-bond acceptors (Lipinski definition) is 1. The first-order valence-corrected chi connectivity index (χ1v) is 8.63. The van der Waals surface area contributed by atoms with Gasteiger partial charge >= 0.3 is 5.37 Å². The first-order chi connectivity index (χ1) is 9.30. The van der Waals surface area contributed by atoms with Crippen molar-refractivity contribution in [2.45, 2.75) is 85.5 Å². The first-order valence-electron chi connectivity index (χ1n) is 8.25. The van der Waals surface area contributed by atoms with Gasteiger partial charge in [0.05, 0.1) is 0 Å². The van der Waals surface area contributed by atoms with Crippen molar-refractivity contribution in [3.63, 3.8) is 0 Å². The highest BCUT2D eigenvalue weighted by Gasteiger charge is 2.12. The van der Waals surface area contributed by atoms with E-state index in [0.29, 0.717) is 0 Å². The van der Waals surface area contributed by atoms with Crippen LogP contribution in [-0.2, 0) is 0 Å². The Kier molecular flexibility index (Phi) is 19.7. The molecule has 19 heavy (non-hydrogen) atoms. The van der Waals surface area contributed by atoms with Crippen LogP contribution in [0, 0.1) is 0 Å². The Balaban J connectivity index is 0. The van der Waals surface area contributed by atoms with Crippen LogP contribution in [0.1, 0.15) is 85.5 Å². The SMILES string of the molecule is C1CCCCC1.CC.CC.O=C(Cl)N1CCCCC1. The molecule has 1 aliphatic heterocycles. The van der Waals surface area contributed by atoms with E-state index < -0.39 is 0 Å². The summed E-state index contributed by atoms with van der Waals surface area (Å²) in [4.78, 5) is 12.2. The second kappa shape index (κ2) is 17.8. The van der Waals surface area contributed by atoms with Crippen molar-refractivity contribution >= 4 is 17.0 Å². The van der Waals surface area contributed by atoms with Gasteiger partial charge in [-0.15, -0.1) is 0 Å². The Morgan fingerprint density at radius 1 is 0.684 bits per heavy atom. The fraction of sp³-hybridized carbons (Fsp3) is 0.938. The molecule has 2 rings (SSSR count). The van der Waals surface area contributed by atoms with Crippen LogP contribution in [0.4, 0.5) is 4.79 Å². The number of piperidine rings is 1. The normalized spacial score (nSPS) is 17.6. The van der Waals surface area contributed by atoms with Crippen molar-refractivity contribution in [3.05, 3.63) is 0 Å². The van der Waals surface area contributed by atoms with Crippen molar-refractivity contribution < 1.29 is 4.79 Å². The van der Waals surface area contributed by atoms with E-state index in [-0.39, 0.29) is 5.37 Å². The zero-order chi connectivity index (χ0) is 14.9. The van der Waals surface area contributed by atoms with Gasteiger partial charge < -0.3 is 4.90 Å². The van der Waals surface area contributed by atoms with Gasteiger partial charge in [-0.3, -0.25) is 4.79 Å². The lowest BCUT2D eigenvalue weighted by molar-refractivity contribution is 0.210.